The van der Waals surface area contributed by atoms with Crippen molar-refractivity contribution in [1.29, 1.82) is 0 Å². The van der Waals surface area contributed by atoms with E-state index in [0.717, 1.165) is 9.87 Å². The van der Waals surface area contributed by atoms with Crippen molar-refractivity contribution in [2.75, 3.05) is 16.2 Å². The number of amides is 2. The molecule has 0 atom stereocenters. The Kier molecular flexibility index (Phi) is 6.95. The van der Waals surface area contributed by atoms with Crippen LogP contribution in [-0.4, -0.2) is 26.8 Å². The Bertz CT molecular complexity index is 1190. The highest BCUT2D eigenvalue weighted by Gasteiger charge is 2.27. The maximum Gasteiger partial charge on any atom is 0.264 e. The zero-order valence-corrected chi connectivity index (χ0v) is 18.7. The smallest absolute Gasteiger partial charge is 0.264 e. The third kappa shape index (κ3) is 5.33. The molecule has 0 fully saturated rings. The van der Waals surface area contributed by atoms with Crippen molar-refractivity contribution in [3.63, 3.8) is 0 Å². The number of primary amides is 1. The lowest BCUT2D eigenvalue weighted by atomic mass is 10.0. The quantitative estimate of drug-likeness (QED) is 0.544. The fourth-order valence-electron chi connectivity index (χ4n) is 3.11. The fourth-order valence-corrected chi connectivity index (χ4v) is 4.55. The minimum Gasteiger partial charge on any atom is -0.366 e. The van der Waals surface area contributed by atoms with Crippen molar-refractivity contribution >= 4 is 33.2 Å². The normalized spacial score (nSPS) is 11.2. The van der Waals surface area contributed by atoms with Crippen molar-refractivity contribution in [2.45, 2.75) is 24.7 Å². The minimum atomic E-state index is -3.98. The van der Waals surface area contributed by atoms with Gasteiger partial charge in [0.15, 0.2) is 0 Å². The molecule has 3 rings (SSSR count). The Hall–Kier alpha value is -3.65. The van der Waals surface area contributed by atoms with E-state index in [1.54, 1.807) is 30.3 Å². The predicted molar refractivity (Wildman–Crippen MR) is 125 cm³/mol. The van der Waals surface area contributed by atoms with E-state index in [9.17, 15) is 18.0 Å². The highest BCUT2D eigenvalue weighted by Crippen LogP contribution is 2.26. The van der Waals surface area contributed by atoms with Gasteiger partial charge in [-0.1, -0.05) is 44.2 Å². The van der Waals surface area contributed by atoms with E-state index >= 15 is 0 Å². The first-order valence-electron chi connectivity index (χ1n) is 10.1. The zero-order chi connectivity index (χ0) is 23.3. The molecule has 32 heavy (non-hydrogen) atoms. The number of rotatable bonds is 8. The number of carbonyl (C=O) groups is 2. The van der Waals surface area contributed by atoms with Crippen LogP contribution in [0.25, 0.3) is 0 Å². The number of hydrogen-bond donors (Lipinski definition) is 2. The van der Waals surface area contributed by atoms with E-state index in [4.69, 9.17) is 5.73 Å². The van der Waals surface area contributed by atoms with E-state index in [2.05, 4.69) is 5.32 Å². The number of carbonyl (C=O) groups excluding carboxylic acids is 2. The Morgan fingerprint density at radius 2 is 1.50 bits per heavy atom. The van der Waals surface area contributed by atoms with Crippen LogP contribution in [0.4, 0.5) is 11.4 Å². The van der Waals surface area contributed by atoms with Gasteiger partial charge >= 0.3 is 0 Å². The summed E-state index contributed by atoms with van der Waals surface area (Å²) >= 11 is 0. The first kappa shape index (κ1) is 23.0. The molecule has 3 aromatic rings. The molecule has 0 saturated heterocycles. The first-order valence-corrected chi connectivity index (χ1v) is 11.5. The minimum absolute atomic E-state index is 0.0894. The number of nitrogens with one attached hydrogen (secondary N) is 1. The number of benzene rings is 3. The van der Waals surface area contributed by atoms with Crippen molar-refractivity contribution in [3.05, 3.63) is 90.0 Å². The number of anilines is 2. The summed E-state index contributed by atoms with van der Waals surface area (Å²) in [6, 6.07) is 21.1. The Morgan fingerprint density at radius 1 is 0.906 bits per heavy atom. The number of hydrogen-bond acceptors (Lipinski definition) is 4. The second kappa shape index (κ2) is 9.65. The highest BCUT2D eigenvalue weighted by atomic mass is 32.2. The third-order valence-corrected chi connectivity index (χ3v) is 6.71. The monoisotopic (exact) mass is 451 g/mol. The summed E-state index contributed by atoms with van der Waals surface area (Å²) in [5.41, 5.74) is 7.40. The van der Waals surface area contributed by atoms with Crippen LogP contribution in [-0.2, 0) is 14.8 Å². The SMILES string of the molecule is CC(C)c1ccc(N(CC(=O)Nc2ccc(C(N)=O)cc2)S(=O)(=O)c2ccccc2)cc1. The van der Waals surface area contributed by atoms with E-state index in [1.165, 1.54) is 36.4 Å². The van der Waals surface area contributed by atoms with Crippen LogP contribution < -0.4 is 15.4 Å². The number of nitrogens with zero attached hydrogens (tertiary/aromatic N) is 1. The lowest BCUT2D eigenvalue weighted by molar-refractivity contribution is -0.114. The van der Waals surface area contributed by atoms with Gasteiger partial charge < -0.3 is 11.1 Å². The van der Waals surface area contributed by atoms with Crippen LogP contribution in [0.15, 0.2) is 83.8 Å². The Balaban J connectivity index is 1.90. The van der Waals surface area contributed by atoms with Gasteiger partial charge in [-0.15, -0.1) is 0 Å². The first-order chi connectivity index (χ1) is 15.2. The molecule has 3 aromatic carbocycles. The molecule has 0 radical (unpaired) electrons. The summed E-state index contributed by atoms with van der Waals surface area (Å²) in [5, 5.41) is 2.66. The van der Waals surface area contributed by atoms with Gasteiger partial charge in [-0.05, 0) is 60.0 Å². The molecule has 0 aliphatic carbocycles. The maximum atomic E-state index is 13.4. The largest absolute Gasteiger partial charge is 0.366 e. The van der Waals surface area contributed by atoms with Crippen LogP contribution in [0, 0.1) is 0 Å². The third-order valence-electron chi connectivity index (χ3n) is 4.92. The average Bonchev–Trinajstić information content (AvgIpc) is 2.78. The van der Waals surface area contributed by atoms with Crippen LogP contribution in [0.2, 0.25) is 0 Å². The van der Waals surface area contributed by atoms with E-state index in [0.29, 0.717) is 16.9 Å². The lowest BCUT2D eigenvalue weighted by Gasteiger charge is -2.24. The van der Waals surface area contributed by atoms with E-state index < -0.39 is 28.4 Å². The second-order valence-corrected chi connectivity index (χ2v) is 9.42. The molecule has 3 N–H and O–H groups in total. The summed E-state index contributed by atoms with van der Waals surface area (Å²) in [6.07, 6.45) is 0. The lowest BCUT2D eigenvalue weighted by Crippen LogP contribution is -2.38. The van der Waals surface area contributed by atoms with Gasteiger partial charge in [0.1, 0.15) is 6.54 Å². The average molecular weight is 452 g/mol. The van der Waals surface area contributed by atoms with Crippen molar-refractivity contribution in [3.8, 4) is 0 Å². The van der Waals surface area contributed by atoms with Gasteiger partial charge in [0.05, 0.1) is 10.6 Å². The molecule has 0 aromatic heterocycles. The molecule has 0 unspecified atom stereocenters. The van der Waals surface area contributed by atoms with E-state index in [-0.39, 0.29) is 10.8 Å². The second-order valence-electron chi connectivity index (χ2n) is 7.56. The van der Waals surface area contributed by atoms with Crippen LogP contribution in [0.5, 0.6) is 0 Å². The fraction of sp³-hybridized carbons (Fsp3) is 0.167. The van der Waals surface area contributed by atoms with Crippen molar-refractivity contribution in [1.82, 2.24) is 0 Å². The van der Waals surface area contributed by atoms with Gasteiger partial charge in [-0.3, -0.25) is 13.9 Å². The predicted octanol–water partition coefficient (Wildman–Crippen LogP) is 3.74. The summed E-state index contributed by atoms with van der Waals surface area (Å²) in [4.78, 5) is 24.1. The Morgan fingerprint density at radius 3 is 2.03 bits per heavy atom. The van der Waals surface area contributed by atoms with Gasteiger partial charge in [-0.2, -0.15) is 0 Å². The van der Waals surface area contributed by atoms with Gasteiger partial charge in [0.2, 0.25) is 11.8 Å². The van der Waals surface area contributed by atoms with Gasteiger partial charge in [-0.25, -0.2) is 8.42 Å². The number of sulfonamides is 1. The molecular weight excluding hydrogens is 426 g/mol. The molecule has 0 bridgehead atoms. The summed E-state index contributed by atoms with van der Waals surface area (Å²) < 4.78 is 27.8. The van der Waals surface area contributed by atoms with Crippen molar-refractivity contribution in [2.24, 2.45) is 5.73 Å². The molecule has 0 aliphatic rings. The van der Waals surface area contributed by atoms with Gasteiger partial charge in [0, 0.05) is 11.3 Å². The Labute approximate surface area is 187 Å². The number of nitrogens with two attached hydrogens (primary N) is 1. The molecule has 2 amide bonds. The van der Waals surface area contributed by atoms with Crippen LogP contribution in [0.1, 0.15) is 35.7 Å². The standard InChI is InChI=1S/C24H25N3O4S/c1-17(2)18-10-14-21(15-11-18)27(32(30,31)22-6-4-3-5-7-22)16-23(28)26-20-12-8-19(9-13-20)24(25)29/h3-15,17H,16H2,1-2H3,(H2,25,29)(H,26,28). The molecule has 0 saturated carbocycles. The van der Waals surface area contributed by atoms with Crippen LogP contribution >= 0.6 is 0 Å². The molecule has 166 valence electrons. The highest BCUT2D eigenvalue weighted by molar-refractivity contribution is 7.92. The summed E-state index contributed by atoms with van der Waals surface area (Å²) in [6.45, 7) is 3.67. The van der Waals surface area contributed by atoms with Crippen LogP contribution in [0.3, 0.4) is 0 Å². The molecular formula is C24H25N3O4S. The van der Waals surface area contributed by atoms with Gasteiger partial charge in [0.25, 0.3) is 10.0 Å². The molecule has 8 heteroatoms. The van der Waals surface area contributed by atoms with Crippen molar-refractivity contribution < 1.29 is 18.0 Å². The molecule has 7 nitrogen and oxygen atoms in total. The van der Waals surface area contributed by atoms with E-state index in [1.807, 2.05) is 26.0 Å². The topological polar surface area (TPSA) is 110 Å². The summed E-state index contributed by atoms with van der Waals surface area (Å²) in [5.74, 6) is -0.813. The molecule has 0 heterocycles. The molecule has 0 spiro atoms. The summed E-state index contributed by atoms with van der Waals surface area (Å²) in [7, 11) is -3.98. The maximum absolute atomic E-state index is 13.4. The zero-order valence-electron chi connectivity index (χ0n) is 17.9. The molecule has 0 aliphatic heterocycles.